The maximum Gasteiger partial charge on any atom is 0.278 e. The van der Waals surface area contributed by atoms with Gasteiger partial charge < -0.3 is 0 Å². The summed E-state index contributed by atoms with van der Waals surface area (Å²) in [5.74, 6) is 0. The van der Waals surface area contributed by atoms with Crippen LogP contribution in [0.4, 0.5) is 0 Å². The zero-order valence-corrected chi connectivity index (χ0v) is 11.5. The Morgan fingerprint density at radius 1 is 0.812 bits per heavy atom. The second-order valence-electron chi connectivity index (χ2n) is 3.80. The lowest BCUT2D eigenvalue weighted by Crippen LogP contribution is -2.34. The monoisotopic (exact) mass is 266 g/mol. The predicted octanol–water partition coefficient (Wildman–Crippen LogP) is 4.11. The quantitative estimate of drug-likeness (QED) is 0.567. The molecule has 0 unspecified atom stereocenters. The first-order chi connectivity index (χ1) is 7.59. The SMILES string of the molecule is C[Si](Cl)(Cl)c1ccccc1-c1ccccc1. The van der Waals surface area contributed by atoms with Crippen molar-refractivity contribution in [2.45, 2.75) is 6.55 Å². The van der Waals surface area contributed by atoms with Crippen molar-refractivity contribution in [1.29, 1.82) is 0 Å². The number of hydrogen-bond acceptors (Lipinski definition) is 0. The molecule has 0 fully saturated rings. The predicted molar refractivity (Wildman–Crippen MR) is 74.8 cm³/mol. The molecule has 0 aliphatic rings. The van der Waals surface area contributed by atoms with E-state index < -0.39 is 6.69 Å². The molecule has 0 heterocycles. The van der Waals surface area contributed by atoms with Gasteiger partial charge in [0.15, 0.2) is 0 Å². The van der Waals surface area contributed by atoms with E-state index in [1.807, 2.05) is 42.9 Å². The molecule has 0 N–H and O–H groups in total. The van der Waals surface area contributed by atoms with Crippen LogP contribution in [0.25, 0.3) is 11.1 Å². The van der Waals surface area contributed by atoms with Crippen LogP contribution < -0.4 is 5.19 Å². The van der Waals surface area contributed by atoms with Crippen LogP contribution in [0.1, 0.15) is 0 Å². The Kier molecular flexibility index (Phi) is 3.38. The Labute approximate surface area is 106 Å². The average Bonchev–Trinajstić information content (AvgIpc) is 2.29. The molecule has 0 aliphatic carbocycles. The zero-order valence-electron chi connectivity index (χ0n) is 8.95. The van der Waals surface area contributed by atoms with Crippen molar-refractivity contribution in [2.75, 3.05) is 0 Å². The first-order valence-corrected chi connectivity index (χ1v) is 9.64. The lowest BCUT2D eigenvalue weighted by atomic mass is 10.1. The number of hydrogen-bond donors (Lipinski definition) is 0. The van der Waals surface area contributed by atoms with Gasteiger partial charge in [-0.15, -0.1) is 22.2 Å². The fourth-order valence-corrected chi connectivity index (χ4v) is 3.81. The molecule has 2 rings (SSSR count). The second kappa shape index (κ2) is 4.62. The largest absolute Gasteiger partial charge is 0.278 e. The molecule has 0 saturated carbocycles. The van der Waals surface area contributed by atoms with E-state index in [2.05, 4.69) is 18.2 Å². The Balaban J connectivity index is 2.58. The molecular formula is C13H12Cl2Si. The summed E-state index contributed by atoms with van der Waals surface area (Å²) in [7, 11) is 0. The van der Waals surface area contributed by atoms with Crippen molar-refractivity contribution in [3.05, 3.63) is 54.6 Å². The van der Waals surface area contributed by atoms with Crippen molar-refractivity contribution in [2.24, 2.45) is 0 Å². The van der Waals surface area contributed by atoms with E-state index in [1.165, 1.54) is 0 Å². The van der Waals surface area contributed by atoms with Gasteiger partial charge in [-0.1, -0.05) is 54.6 Å². The number of halogens is 2. The average molecular weight is 267 g/mol. The molecule has 0 atom stereocenters. The molecule has 0 saturated heterocycles. The van der Waals surface area contributed by atoms with Crippen molar-refractivity contribution >= 4 is 34.0 Å². The van der Waals surface area contributed by atoms with Crippen LogP contribution in [0.3, 0.4) is 0 Å². The summed E-state index contributed by atoms with van der Waals surface area (Å²) in [6.07, 6.45) is 0. The van der Waals surface area contributed by atoms with Gasteiger partial charge in [0.25, 0.3) is 6.69 Å². The van der Waals surface area contributed by atoms with E-state index in [4.69, 9.17) is 22.2 Å². The molecule has 0 bridgehead atoms. The standard InChI is InChI=1S/C13H12Cl2Si/c1-16(14,15)13-10-6-5-9-12(13)11-7-3-2-4-8-11/h2-10H,1H3. The first-order valence-electron chi connectivity index (χ1n) is 5.12. The highest BCUT2D eigenvalue weighted by Gasteiger charge is 2.26. The van der Waals surface area contributed by atoms with Crippen molar-refractivity contribution in [1.82, 2.24) is 0 Å². The van der Waals surface area contributed by atoms with Crippen molar-refractivity contribution in [3.63, 3.8) is 0 Å². The molecule has 0 spiro atoms. The lowest BCUT2D eigenvalue weighted by Gasteiger charge is -2.16. The van der Waals surface area contributed by atoms with E-state index in [0.29, 0.717) is 0 Å². The molecule has 0 aromatic heterocycles. The summed E-state index contributed by atoms with van der Waals surface area (Å²) in [6, 6.07) is 18.3. The molecule has 0 nitrogen and oxygen atoms in total. The number of benzene rings is 2. The van der Waals surface area contributed by atoms with Gasteiger partial charge in [0.2, 0.25) is 0 Å². The highest BCUT2D eigenvalue weighted by Crippen LogP contribution is 2.23. The van der Waals surface area contributed by atoms with Gasteiger partial charge in [-0.25, -0.2) is 0 Å². The molecule has 82 valence electrons. The van der Waals surface area contributed by atoms with E-state index in [1.54, 1.807) is 0 Å². The summed E-state index contributed by atoms with van der Waals surface area (Å²) in [6.45, 7) is -0.388. The molecule has 0 radical (unpaired) electrons. The maximum atomic E-state index is 6.32. The Bertz CT molecular complexity index is 475. The second-order valence-corrected chi connectivity index (χ2v) is 11.2. The minimum atomic E-state index is -2.32. The van der Waals surface area contributed by atoms with Crippen LogP contribution in [0.2, 0.25) is 6.55 Å². The van der Waals surface area contributed by atoms with Gasteiger partial charge in [-0.2, -0.15) is 0 Å². The summed E-state index contributed by atoms with van der Waals surface area (Å²) in [5.41, 5.74) is 2.31. The van der Waals surface area contributed by atoms with Crippen LogP contribution in [0.15, 0.2) is 54.6 Å². The summed E-state index contributed by atoms with van der Waals surface area (Å²) < 4.78 is 0. The highest BCUT2D eigenvalue weighted by atomic mass is 35.7. The molecule has 0 amide bonds. The molecular weight excluding hydrogens is 255 g/mol. The van der Waals surface area contributed by atoms with Crippen LogP contribution in [0.5, 0.6) is 0 Å². The summed E-state index contributed by atoms with van der Waals surface area (Å²) in [5, 5.41) is 1.07. The van der Waals surface area contributed by atoms with Crippen LogP contribution in [-0.2, 0) is 0 Å². The molecule has 3 heteroatoms. The maximum absolute atomic E-state index is 6.32. The minimum Gasteiger partial charge on any atom is -0.140 e. The topological polar surface area (TPSA) is 0 Å². The van der Waals surface area contributed by atoms with E-state index in [9.17, 15) is 0 Å². The Hall–Kier alpha value is -0.763. The summed E-state index contributed by atoms with van der Waals surface area (Å²) in [4.78, 5) is 0. The molecule has 2 aromatic rings. The van der Waals surface area contributed by atoms with Crippen molar-refractivity contribution in [3.8, 4) is 11.1 Å². The van der Waals surface area contributed by atoms with E-state index in [0.717, 1.165) is 16.3 Å². The van der Waals surface area contributed by atoms with E-state index >= 15 is 0 Å². The number of rotatable bonds is 2. The Morgan fingerprint density at radius 3 is 2.00 bits per heavy atom. The van der Waals surface area contributed by atoms with Crippen molar-refractivity contribution < 1.29 is 0 Å². The molecule has 2 aromatic carbocycles. The van der Waals surface area contributed by atoms with Gasteiger partial charge in [-0.3, -0.25) is 0 Å². The third-order valence-electron chi connectivity index (χ3n) is 2.48. The van der Waals surface area contributed by atoms with Crippen LogP contribution >= 0.6 is 22.2 Å². The normalized spacial score (nSPS) is 11.4. The first kappa shape index (κ1) is 11.7. The fraction of sp³-hybridized carbons (Fsp3) is 0.0769. The van der Waals surface area contributed by atoms with Gasteiger partial charge in [0.05, 0.1) is 0 Å². The smallest absolute Gasteiger partial charge is 0.140 e. The van der Waals surface area contributed by atoms with E-state index in [-0.39, 0.29) is 0 Å². The highest BCUT2D eigenvalue weighted by molar-refractivity contribution is 7.50. The van der Waals surface area contributed by atoms with Gasteiger partial charge in [0, 0.05) is 0 Å². The minimum absolute atomic E-state index is 1.07. The van der Waals surface area contributed by atoms with Gasteiger partial charge in [0.1, 0.15) is 0 Å². The third-order valence-corrected chi connectivity index (χ3v) is 5.09. The lowest BCUT2D eigenvalue weighted by molar-refractivity contribution is 1.64. The van der Waals surface area contributed by atoms with Gasteiger partial charge >= 0.3 is 0 Å². The Morgan fingerprint density at radius 2 is 1.38 bits per heavy atom. The third kappa shape index (κ3) is 2.49. The fourth-order valence-electron chi connectivity index (χ4n) is 1.74. The van der Waals surface area contributed by atoms with Crippen LogP contribution in [0, 0.1) is 0 Å². The molecule has 0 aliphatic heterocycles. The van der Waals surface area contributed by atoms with Crippen LogP contribution in [-0.4, -0.2) is 6.69 Å². The van der Waals surface area contributed by atoms with Gasteiger partial charge in [-0.05, 0) is 22.9 Å². The summed E-state index contributed by atoms with van der Waals surface area (Å²) >= 11 is 12.6. The molecule has 16 heavy (non-hydrogen) atoms. The zero-order chi connectivity index (χ0) is 11.6.